The van der Waals surface area contributed by atoms with Gasteiger partial charge >= 0.3 is 5.97 Å². The lowest BCUT2D eigenvalue weighted by molar-refractivity contribution is -0.197. The first kappa shape index (κ1) is 9.45. The van der Waals surface area contributed by atoms with E-state index in [1.807, 2.05) is 13.8 Å². The molecule has 0 bridgehead atoms. The molecular formula is C9H13NO4. The molecule has 3 atom stereocenters. The van der Waals surface area contributed by atoms with Crippen molar-refractivity contribution in [1.82, 2.24) is 5.32 Å². The van der Waals surface area contributed by atoms with Crippen LogP contribution in [0.2, 0.25) is 0 Å². The van der Waals surface area contributed by atoms with Crippen molar-refractivity contribution in [2.24, 2.45) is 5.92 Å². The zero-order chi connectivity index (χ0) is 10.5. The van der Waals surface area contributed by atoms with Gasteiger partial charge in [0, 0.05) is 0 Å². The molecule has 1 amide bonds. The lowest BCUT2D eigenvalue weighted by Crippen LogP contribution is -2.67. The number of carbonyl (C=O) groups excluding carboxylic acids is 2. The minimum atomic E-state index is -1.20. The third-order valence-electron chi connectivity index (χ3n) is 2.72. The summed E-state index contributed by atoms with van der Waals surface area (Å²) in [5.74, 6) is -0.682. The van der Waals surface area contributed by atoms with Crippen LogP contribution in [0.3, 0.4) is 0 Å². The van der Waals surface area contributed by atoms with Crippen LogP contribution >= 0.6 is 0 Å². The van der Waals surface area contributed by atoms with E-state index in [4.69, 9.17) is 4.74 Å². The Balaban J connectivity index is 2.24. The number of carbonyl (C=O) groups is 2. The Morgan fingerprint density at radius 1 is 1.57 bits per heavy atom. The second-order valence-corrected chi connectivity index (χ2v) is 4.33. The van der Waals surface area contributed by atoms with Crippen molar-refractivity contribution in [3.05, 3.63) is 0 Å². The zero-order valence-electron chi connectivity index (χ0n) is 8.11. The first-order chi connectivity index (χ1) is 6.47. The first-order valence-electron chi connectivity index (χ1n) is 4.68. The van der Waals surface area contributed by atoms with E-state index in [2.05, 4.69) is 5.32 Å². The molecule has 2 aliphatic rings. The highest BCUT2D eigenvalue weighted by Gasteiger charge is 2.68. The highest BCUT2D eigenvalue weighted by atomic mass is 16.6. The molecule has 2 heterocycles. The van der Waals surface area contributed by atoms with E-state index < -0.39 is 29.6 Å². The van der Waals surface area contributed by atoms with Gasteiger partial charge in [0.15, 0.2) is 17.7 Å². The highest BCUT2D eigenvalue weighted by molar-refractivity contribution is 6.00. The van der Waals surface area contributed by atoms with Crippen molar-refractivity contribution in [3.8, 4) is 0 Å². The molecule has 3 unspecified atom stereocenters. The molecule has 0 radical (unpaired) electrons. The van der Waals surface area contributed by atoms with Crippen molar-refractivity contribution >= 4 is 11.9 Å². The first-order valence-corrected chi connectivity index (χ1v) is 4.68. The van der Waals surface area contributed by atoms with Gasteiger partial charge in [-0.05, 0) is 12.3 Å². The van der Waals surface area contributed by atoms with Crippen LogP contribution in [0.1, 0.15) is 20.3 Å². The van der Waals surface area contributed by atoms with Crippen LogP contribution in [-0.4, -0.2) is 34.7 Å². The van der Waals surface area contributed by atoms with Crippen LogP contribution in [0.15, 0.2) is 0 Å². The molecule has 0 aromatic carbocycles. The number of amides is 1. The maximum atomic E-state index is 11.3. The topological polar surface area (TPSA) is 75.6 Å². The Kier molecular flexibility index (Phi) is 1.82. The summed E-state index contributed by atoms with van der Waals surface area (Å²) >= 11 is 0. The zero-order valence-corrected chi connectivity index (χ0v) is 8.11. The summed E-state index contributed by atoms with van der Waals surface area (Å²) in [5.41, 5.74) is -0.954. The smallest absolute Gasteiger partial charge is 0.336 e. The molecule has 2 fully saturated rings. The predicted octanol–water partition coefficient (Wildman–Crippen LogP) is -0.813. The molecule has 5 nitrogen and oxygen atoms in total. The number of ether oxygens (including phenoxy) is 1. The van der Waals surface area contributed by atoms with Gasteiger partial charge in [-0.25, -0.2) is 4.79 Å². The van der Waals surface area contributed by atoms with Gasteiger partial charge in [-0.2, -0.15) is 0 Å². The number of fused-ring (bicyclic) bond motifs is 1. The van der Waals surface area contributed by atoms with Crippen LogP contribution in [0, 0.1) is 5.92 Å². The van der Waals surface area contributed by atoms with Gasteiger partial charge in [0.25, 0.3) is 5.91 Å². The van der Waals surface area contributed by atoms with Crippen LogP contribution in [0.4, 0.5) is 0 Å². The molecule has 2 aliphatic heterocycles. The summed E-state index contributed by atoms with van der Waals surface area (Å²) in [5, 5.41) is 11.9. The Hall–Kier alpha value is -1.10. The number of aliphatic hydroxyl groups excluding tert-OH is 1. The summed E-state index contributed by atoms with van der Waals surface area (Å²) in [7, 11) is 0. The van der Waals surface area contributed by atoms with E-state index >= 15 is 0 Å². The molecule has 2 rings (SSSR count). The third kappa shape index (κ3) is 0.987. The van der Waals surface area contributed by atoms with Gasteiger partial charge in [-0.3, -0.25) is 4.79 Å². The van der Waals surface area contributed by atoms with Gasteiger partial charge in [0.05, 0.1) is 0 Å². The summed E-state index contributed by atoms with van der Waals surface area (Å²) in [4.78, 5) is 22.5. The average Bonchev–Trinajstić information content (AvgIpc) is 2.26. The fourth-order valence-electron chi connectivity index (χ4n) is 2.16. The Morgan fingerprint density at radius 2 is 2.21 bits per heavy atom. The molecule has 78 valence electrons. The normalized spacial score (nSPS) is 40.3. The fourth-order valence-corrected chi connectivity index (χ4v) is 2.16. The molecule has 0 aromatic heterocycles. The molecule has 5 heteroatoms. The van der Waals surface area contributed by atoms with E-state index in [1.165, 1.54) is 0 Å². The van der Waals surface area contributed by atoms with E-state index in [-0.39, 0.29) is 5.92 Å². The van der Waals surface area contributed by atoms with Crippen molar-refractivity contribution in [2.75, 3.05) is 0 Å². The Labute approximate surface area is 81.4 Å². The van der Waals surface area contributed by atoms with Crippen molar-refractivity contribution in [3.63, 3.8) is 0 Å². The predicted molar refractivity (Wildman–Crippen MR) is 46.2 cm³/mol. The van der Waals surface area contributed by atoms with Crippen LogP contribution < -0.4 is 5.32 Å². The van der Waals surface area contributed by atoms with Gasteiger partial charge < -0.3 is 15.2 Å². The maximum absolute atomic E-state index is 11.3. The second-order valence-electron chi connectivity index (χ2n) is 4.33. The monoisotopic (exact) mass is 199 g/mol. The molecule has 14 heavy (non-hydrogen) atoms. The van der Waals surface area contributed by atoms with Gasteiger partial charge in [-0.1, -0.05) is 13.8 Å². The maximum Gasteiger partial charge on any atom is 0.336 e. The van der Waals surface area contributed by atoms with Crippen LogP contribution in [0.25, 0.3) is 0 Å². The Morgan fingerprint density at radius 3 is 2.64 bits per heavy atom. The lowest BCUT2D eigenvalue weighted by Gasteiger charge is -2.42. The minimum absolute atomic E-state index is 0.260. The quantitative estimate of drug-likeness (QED) is 0.570. The SMILES string of the molecule is CC(C)CC12NC(=O)C(O)C1OC2=O. The van der Waals surface area contributed by atoms with E-state index in [0.29, 0.717) is 6.42 Å². The summed E-state index contributed by atoms with van der Waals surface area (Å²) in [6, 6.07) is 0. The largest absolute Gasteiger partial charge is 0.454 e. The van der Waals surface area contributed by atoms with Gasteiger partial charge in [0.1, 0.15) is 0 Å². The number of rotatable bonds is 2. The molecule has 0 spiro atoms. The molecule has 2 saturated heterocycles. The molecule has 0 aliphatic carbocycles. The summed E-state index contributed by atoms with van der Waals surface area (Å²) < 4.78 is 4.78. The highest BCUT2D eigenvalue weighted by Crippen LogP contribution is 2.39. The average molecular weight is 199 g/mol. The summed E-state index contributed by atoms with van der Waals surface area (Å²) in [6.07, 6.45) is -1.38. The molecule has 0 aromatic rings. The van der Waals surface area contributed by atoms with Crippen molar-refractivity contribution < 1.29 is 19.4 Å². The van der Waals surface area contributed by atoms with Crippen LogP contribution in [-0.2, 0) is 14.3 Å². The van der Waals surface area contributed by atoms with E-state index in [1.54, 1.807) is 0 Å². The van der Waals surface area contributed by atoms with Gasteiger partial charge in [-0.15, -0.1) is 0 Å². The van der Waals surface area contributed by atoms with Crippen molar-refractivity contribution in [1.29, 1.82) is 0 Å². The Bertz CT molecular complexity index is 301. The number of hydrogen-bond acceptors (Lipinski definition) is 4. The molecule has 0 saturated carbocycles. The summed E-state index contributed by atoms with van der Waals surface area (Å²) in [6.45, 7) is 3.91. The number of aliphatic hydroxyl groups is 1. The third-order valence-corrected chi connectivity index (χ3v) is 2.72. The number of esters is 1. The van der Waals surface area contributed by atoms with E-state index in [9.17, 15) is 14.7 Å². The molecular weight excluding hydrogens is 186 g/mol. The lowest BCUT2D eigenvalue weighted by atomic mass is 9.80. The van der Waals surface area contributed by atoms with Crippen LogP contribution in [0.5, 0.6) is 0 Å². The van der Waals surface area contributed by atoms with E-state index in [0.717, 1.165) is 0 Å². The minimum Gasteiger partial charge on any atom is -0.454 e. The van der Waals surface area contributed by atoms with Crippen molar-refractivity contribution in [2.45, 2.75) is 38.0 Å². The van der Waals surface area contributed by atoms with Gasteiger partial charge in [0.2, 0.25) is 0 Å². The fraction of sp³-hybridized carbons (Fsp3) is 0.778. The second kappa shape index (κ2) is 2.70. The molecule has 2 N–H and O–H groups in total. The number of nitrogens with one attached hydrogen (secondary N) is 1. The number of hydrogen-bond donors (Lipinski definition) is 2. The standard InChI is InChI=1S/C9H13NO4/c1-4(2)3-9-6(14-8(9)13)5(11)7(12)10-9/h4-6,11H,3H2,1-2H3,(H,10,12).